The summed E-state index contributed by atoms with van der Waals surface area (Å²) < 4.78 is 67.3. The van der Waals surface area contributed by atoms with Crippen LogP contribution in [-0.2, 0) is 19.3 Å². The molecular weight excluding hydrogens is 544 g/mol. The van der Waals surface area contributed by atoms with E-state index in [2.05, 4.69) is 34.9 Å². The first-order chi connectivity index (χ1) is 19.8. The highest BCUT2D eigenvalue weighted by Gasteiger charge is 2.35. The van der Waals surface area contributed by atoms with Crippen LogP contribution in [0.4, 0.5) is 17.6 Å². The number of ether oxygens (including phenoxy) is 2. The van der Waals surface area contributed by atoms with Crippen molar-refractivity contribution in [1.82, 2.24) is 39.5 Å². The number of hydrogen-bond donors (Lipinski definition) is 0. The predicted octanol–water partition coefficient (Wildman–Crippen LogP) is 5.38. The molecule has 5 heterocycles. The lowest BCUT2D eigenvalue weighted by molar-refractivity contribution is -0.140. The van der Waals surface area contributed by atoms with Crippen molar-refractivity contribution >= 4 is 11.0 Å². The van der Waals surface area contributed by atoms with Crippen molar-refractivity contribution < 1.29 is 27.0 Å². The largest absolute Gasteiger partial charge is 0.480 e. The first kappa shape index (κ1) is 26.5. The van der Waals surface area contributed by atoms with Crippen molar-refractivity contribution in [2.45, 2.75) is 45.0 Å². The minimum absolute atomic E-state index is 0.140. The number of pyridine rings is 2. The fourth-order valence-electron chi connectivity index (χ4n) is 4.43. The molecule has 0 aromatic carbocycles. The fourth-order valence-corrected chi connectivity index (χ4v) is 4.43. The summed E-state index contributed by atoms with van der Waals surface area (Å²) in [5.74, 6) is -0.0202. The third-order valence-corrected chi connectivity index (χ3v) is 6.55. The first-order valence-corrected chi connectivity index (χ1v) is 12.7. The van der Waals surface area contributed by atoms with E-state index in [0.717, 1.165) is 30.8 Å². The zero-order chi connectivity index (χ0) is 28.7. The molecule has 6 rings (SSSR count). The van der Waals surface area contributed by atoms with E-state index in [-0.39, 0.29) is 42.3 Å². The Morgan fingerprint density at radius 1 is 1.05 bits per heavy atom. The molecule has 210 valence electrons. The van der Waals surface area contributed by atoms with Gasteiger partial charge in [-0.2, -0.15) is 18.2 Å². The molecule has 0 saturated heterocycles. The highest BCUT2D eigenvalue weighted by Crippen LogP contribution is 2.45. The summed E-state index contributed by atoms with van der Waals surface area (Å²) >= 11 is 0. The van der Waals surface area contributed by atoms with Crippen molar-refractivity contribution in [2.75, 3.05) is 7.11 Å². The lowest BCUT2D eigenvalue weighted by Gasteiger charge is -2.13. The van der Waals surface area contributed by atoms with Crippen molar-refractivity contribution in [3.05, 3.63) is 65.9 Å². The van der Waals surface area contributed by atoms with E-state index in [1.165, 1.54) is 24.2 Å². The van der Waals surface area contributed by atoms with Gasteiger partial charge in [0.1, 0.15) is 24.2 Å². The Morgan fingerprint density at radius 3 is 2.59 bits per heavy atom. The molecule has 0 aliphatic heterocycles. The molecule has 0 atom stereocenters. The molecule has 0 N–H and O–H groups in total. The van der Waals surface area contributed by atoms with E-state index in [1.54, 1.807) is 25.3 Å². The van der Waals surface area contributed by atoms with Crippen LogP contribution in [0.2, 0.25) is 0 Å². The number of fused-ring (bicyclic) bond motifs is 1. The second-order valence-corrected chi connectivity index (χ2v) is 9.34. The summed E-state index contributed by atoms with van der Waals surface area (Å²) in [6.07, 6.45) is 2.48. The van der Waals surface area contributed by atoms with Crippen LogP contribution in [0.1, 0.15) is 42.6 Å². The van der Waals surface area contributed by atoms with Crippen LogP contribution in [0.3, 0.4) is 0 Å². The van der Waals surface area contributed by atoms with Crippen LogP contribution in [0.5, 0.6) is 11.8 Å². The van der Waals surface area contributed by atoms with Gasteiger partial charge in [-0.1, -0.05) is 0 Å². The maximum atomic E-state index is 15.1. The van der Waals surface area contributed by atoms with Gasteiger partial charge in [-0.15, -0.1) is 0 Å². The second-order valence-electron chi connectivity index (χ2n) is 9.34. The number of rotatable bonds is 8. The molecule has 1 fully saturated rings. The Morgan fingerprint density at radius 2 is 1.88 bits per heavy atom. The van der Waals surface area contributed by atoms with Crippen LogP contribution < -0.4 is 9.47 Å². The molecule has 10 nitrogen and oxygen atoms in total. The molecule has 0 unspecified atom stereocenters. The summed E-state index contributed by atoms with van der Waals surface area (Å²) in [5.41, 5.74) is 0.609. The lowest BCUT2D eigenvalue weighted by Crippen LogP contribution is -2.06. The van der Waals surface area contributed by atoms with E-state index in [0.29, 0.717) is 28.0 Å². The molecule has 5 aromatic heterocycles. The Kier molecular flexibility index (Phi) is 6.67. The summed E-state index contributed by atoms with van der Waals surface area (Å²) in [5, 5.41) is 0.523. The Balaban J connectivity index is 1.33. The Labute approximate surface area is 230 Å². The third kappa shape index (κ3) is 5.12. The number of aryl methyl sites for hydroxylation is 1. The number of imidazole rings is 1. The zero-order valence-electron chi connectivity index (χ0n) is 21.9. The predicted molar refractivity (Wildman–Crippen MR) is 137 cm³/mol. The average molecular weight is 567 g/mol. The van der Waals surface area contributed by atoms with Gasteiger partial charge in [0.05, 0.1) is 18.2 Å². The monoisotopic (exact) mass is 566 g/mol. The van der Waals surface area contributed by atoms with Crippen LogP contribution in [0.25, 0.3) is 33.9 Å². The average Bonchev–Trinajstić information content (AvgIpc) is 3.72. The summed E-state index contributed by atoms with van der Waals surface area (Å²) in [6.45, 7) is 1.64. The summed E-state index contributed by atoms with van der Waals surface area (Å²) in [4.78, 5) is 29.9. The van der Waals surface area contributed by atoms with Gasteiger partial charge >= 0.3 is 6.18 Å². The van der Waals surface area contributed by atoms with E-state index < -0.39 is 17.7 Å². The molecule has 1 aliphatic carbocycles. The molecule has 14 heteroatoms. The van der Waals surface area contributed by atoms with Crippen LogP contribution in [-0.4, -0.2) is 46.6 Å². The second kappa shape index (κ2) is 10.3. The standard InChI is InChI=1S/C27H22F4N8O2/c1-3-39-11-18(27(29,30)31)36-24(39)21-17(28)9-14(10-33-21)12-41-25-16-5-4-8-32-22(16)37-23(38-25)19-20(15-6-7-15)34-13-35-26(19)40-2/h4-5,8-11,13,15H,3,6-7,12H2,1-2H3. The number of hydrogen-bond acceptors (Lipinski definition) is 9. The summed E-state index contributed by atoms with van der Waals surface area (Å²) in [6, 6.07) is 4.60. The molecule has 0 spiro atoms. The van der Waals surface area contributed by atoms with Gasteiger partial charge in [0, 0.05) is 36.6 Å². The van der Waals surface area contributed by atoms with Crippen LogP contribution in [0, 0.1) is 5.82 Å². The van der Waals surface area contributed by atoms with Crippen LogP contribution >= 0.6 is 0 Å². The molecule has 0 bridgehead atoms. The van der Waals surface area contributed by atoms with Gasteiger partial charge in [-0.3, -0.25) is 0 Å². The maximum absolute atomic E-state index is 15.1. The zero-order valence-corrected chi connectivity index (χ0v) is 21.9. The molecule has 0 radical (unpaired) electrons. The van der Waals surface area contributed by atoms with Gasteiger partial charge < -0.3 is 14.0 Å². The lowest BCUT2D eigenvalue weighted by atomic mass is 10.1. The first-order valence-electron chi connectivity index (χ1n) is 12.7. The quantitative estimate of drug-likeness (QED) is 0.228. The highest BCUT2D eigenvalue weighted by atomic mass is 19.4. The van der Waals surface area contributed by atoms with E-state index in [1.807, 2.05) is 0 Å². The molecule has 1 aliphatic rings. The number of nitrogens with zero attached hydrogens (tertiary/aromatic N) is 8. The van der Waals surface area contributed by atoms with E-state index in [9.17, 15) is 13.2 Å². The minimum Gasteiger partial charge on any atom is -0.480 e. The molecule has 5 aromatic rings. The fraction of sp³-hybridized carbons (Fsp3) is 0.296. The smallest absolute Gasteiger partial charge is 0.434 e. The van der Waals surface area contributed by atoms with Crippen molar-refractivity contribution in [3.63, 3.8) is 0 Å². The molecule has 0 amide bonds. The Hall–Kier alpha value is -4.75. The van der Waals surface area contributed by atoms with Crippen molar-refractivity contribution in [2.24, 2.45) is 0 Å². The third-order valence-electron chi connectivity index (χ3n) is 6.55. The normalized spacial score (nSPS) is 13.5. The molecule has 1 saturated carbocycles. The molecule has 41 heavy (non-hydrogen) atoms. The Bertz CT molecular complexity index is 1750. The topological polar surface area (TPSA) is 114 Å². The summed E-state index contributed by atoms with van der Waals surface area (Å²) in [7, 11) is 1.50. The number of methoxy groups -OCH3 is 1. The van der Waals surface area contributed by atoms with Gasteiger partial charge in [0.15, 0.2) is 28.8 Å². The van der Waals surface area contributed by atoms with Crippen molar-refractivity contribution in [3.8, 4) is 34.7 Å². The van der Waals surface area contributed by atoms with E-state index in [4.69, 9.17) is 9.47 Å². The van der Waals surface area contributed by atoms with Crippen LogP contribution in [0.15, 0.2) is 43.1 Å². The highest BCUT2D eigenvalue weighted by molar-refractivity contribution is 5.83. The van der Waals surface area contributed by atoms with Gasteiger partial charge in [-0.25, -0.2) is 34.3 Å². The maximum Gasteiger partial charge on any atom is 0.434 e. The molecular formula is C27H22F4N8O2. The van der Waals surface area contributed by atoms with Gasteiger partial charge in [-0.05, 0) is 38.0 Å². The number of aromatic nitrogens is 8. The number of halogens is 4. The SMILES string of the molecule is CCn1cc(C(F)(F)F)nc1-c1ncc(COc2nc(-c3c(OC)ncnc3C3CC3)nc3ncccc23)cc1F. The van der Waals surface area contributed by atoms with Crippen molar-refractivity contribution in [1.29, 1.82) is 0 Å². The van der Waals surface area contributed by atoms with Gasteiger partial charge in [0.25, 0.3) is 0 Å². The van der Waals surface area contributed by atoms with Gasteiger partial charge in [0.2, 0.25) is 11.8 Å². The van der Waals surface area contributed by atoms with E-state index >= 15 is 4.39 Å². The number of alkyl halides is 3. The minimum atomic E-state index is -4.66.